The predicted molar refractivity (Wildman–Crippen MR) is 82.0 cm³/mol. The number of hydrogen-bond acceptors (Lipinski definition) is 2. The van der Waals surface area contributed by atoms with Gasteiger partial charge < -0.3 is 11.7 Å². The van der Waals surface area contributed by atoms with Crippen molar-refractivity contribution >= 4 is 13.2 Å². The Morgan fingerprint density at radius 3 is 1.63 bits per heavy atom. The summed E-state index contributed by atoms with van der Waals surface area (Å²) < 4.78 is 5.17. The molecule has 0 aromatic rings. The zero-order valence-electron chi connectivity index (χ0n) is 13.0. The maximum absolute atomic E-state index is 11.0. The first-order valence-corrected chi connectivity index (χ1v) is 9.74. The molecule has 0 bridgehead atoms. The maximum atomic E-state index is 11.0. The van der Waals surface area contributed by atoms with Crippen LogP contribution in [0, 0.1) is 13.3 Å². The molecule has 111 valence electrons. The molecule has 0 aliphatic heterocycles. The van der Waals surface area contributed by atoms with Gasteiger partial charge in [0.2, 0.25) is 0 Å². The van der Waals surface area contributed by atoms with Crippen LogP contribution >= 0.6 is 7.26 Å². The van der Waals surface area contributed by atoms with Crippen molar-refractivity contribution in [2.75, 3.05) is 18.5 Å². The Balaban J connectivity index is 0. The minimum atomic E-state index is -1.21. The van der Waals surface area contributed by atoms with Gasteiger partial charge in [-0.3, -0.25) is 4.79 Å². The number of carbonyl (C=O) groups is 1. The van der Waals surface area contributed by atoms with Crippen LogP contribution in [0.2, 0.25) is 0 Å². The predicted octanol–water partition coefficient (Wildman–Crippen LogP) is 4.90. The third-order valence-electron chi connectivity index (χ3n) is 3.28. The molecule has 1 radical (unpaired) electrons. The molecular formula is C15H30O2PY-. The van der Waals surface area contributed by atoms with Crippen LogP contribution in [0.4, 0.5) is 0 Å². The summed E-state index contributed by atoms with van der Waals surface area (Å²) >= 11 is 0. The molecule has 0 aromatic heterocycles. The van der Waals surface area contributed by atoms with Gasteiger partial charge in [0.1, 0.15) is 5.97 Å². The first-order valence-electron chi connectivity index (χ1n) is 7.33. The van der Waals surface area contributed by atoms with E-state index in [9.17, 15) is 4.79 Å². The van der Waals surface area contributed by atoms with Crippen molar-refractivity contribution in [3.63, 3.8) is 0 Å². The van der Waals surface area contributed by atoms with E-state index >= 15 is 0 Å². The molecule has 0 amide bonds. The van der Waals surface area contributed by atoms with Gasteiger partial charge in [-0.05, 0) is 25.6 Å². The number of ether oxygens (including phenoxy) is 1. The van der Waals surface area contributed by atoms with E-state index in [1.165, 1.54) is 57.0 Å². The minimum Gasteiger partial charge on any atom is -0.618 e. The zero-order chi connectivity index (χ0) is 13.9. The fraction of sp³-hybridized carbons (Fsp3) is 0.800. The van der Waals surface area contributed by atoms with Gasteiger partial charge in [0.05, 0.1) is 0 Å². The van der Waals surface area contributed by atoms with E-state index in [0.717, 1.165) is 0 Å². The molecule has 0 unspecified atom stereocenters. The average Bonchev–Trinajstić information content (AvgIpc) is 2.37. The van der Waals surface area contributed by atoms with E-state index in [1.54, 1.807) is 0 Å². The largest absolute Gasteiger partial charge is 0.618 e. The van der Waals surface area contributed by atoms with Crippen LogP contribution in [0.15, 0.2) is 0 Å². The van der Waals surface area contributed by atoms with Crippen LogP contribution in [0.3, 0.4) is 0 Å². The smallest absolute Gasteiger partial charge is 0.135 e. The van der Waals surface area contributed by atoms with Gasteiger partial charge in [0, 0.05) is 51.2 Å². The van der Waals surface area contributed by atoms with Gasteiger partial charge in [-0.15, -0.1) is 0 Å². The van der Waals surface area contributed by atoms with Gasteiger partial charge in [-0.1, -0.05) is 47.3 Å². The topological polar surface area (TPSA) is 26.3 Å². The maximum Gasteiger partial charge on any atom is 0.135 e. The minimum absolute atomic E-state index is 0. The summed E-state index contributed by atoms with van der Waals surface area (Å²) in [5.74, 6) is -0.413. The standard InChI is InChI=1S/C15H30O2P.Y/c1-5-8-11-18(12-9-6-2,13-10-7-3)14-17-15(4)16;/h14H,4-13H2,1-3H3;/q-1;. The molecule has 0 fully saturated rings. The summed E-state index contributed by atoms with van der Waals surface area (Å²) in [6, 6.07) is 0. The van der Waals surface area contributed by atoms with Crippen LogP contribution in [0.1, 0.15) is 59.3 Å². The molecule has 0 aromatic carbocycles. The van der Waals surface area contributed by atoms with Gasteiger partial charge >= 0.3 is 0 Å². The summed E-state index contributed by atoms with van der Waals surface area (Å²) in [4.78, 5) is 11.0. The third kappa shape index (κ3) is 11.2. The molecule has 0 aliphatic carbocycles. The fourth-order valence-electron chi connectivity index (χ4n) is 2.08. The second-order valence-corrected chi connectivity index (χ2v) is 9.03. The Labute approximate surface area is 146 Å². The third-order valence-corrected chi connectivity index (χ3v) is 7.45. The molecule has 0 spiro atoms. The van der Waals surface area contributed by atoms with E-state index in [1.807, 2.05) is 6.35 Å². The molecule has 0 atom stereocenters. The zero-order valence-corrected chi connectivity index (χ0v) is 16.7. The number of esters is 1. The SMILES string of the molecule is [CH2-]C(=O)O[CH-][P+](CCCC)(CCCC)CCCC.[Y]. The molecule has 4 heteroatoms. The second-order valence-electron chi connectivity index (χ2n) is 5.05. The first kappa shape index (κ1) is 22.2. The summed E-state index contributed by atoms with van der Waals surface area (Å²) in [6.45, 7) is 9.98. The molecular weight excluding hydrogens is 332 g/mol. The number of hydrogen-bond donors (Lipinski definition) is 0. The molecule has 0 rings (SSSR count). The molecule has 0 N–H and O–H groups in total. The van der Waals surface area contributed by atoms with Crippen LogP contribution < -0.4 is 0 Å². The van der Waals surface area contributed by atoms with Crippen molar-refractivity contribution < 1.29 is 42.2 Å². The quantitative estimate of drug-likeness (QED) is 0.297. The fourth-order valence-corrected chi connectivity index (χ4v) is 6.25. The van der Waals surface area contributed by atoms with E-state index in [2.05, 4.69) is 27.7 Å². The Morgan fingerprint density at radius 1 is 1.00 bits per heavy atom. The molecule has 0 saturated carbocycles. The van der Waals surface area contributed by atoms with E-state index in [4.69, 9.17) is 4.74 Å². The Bertz CT molecular complexity index is 200. The molecule has 19 heavy (non-hydrogen) atoms. The van der Waals surface area contributed by atoms with E-state index < -0.39 is 13.2 Å². The molecule has 0 heterocycles. The first-order chi connectivity index (χ1) is 8.60. The van der Waals surface area contributed by atoms with Crippen LogP contribution in [0.25, 0.3) is 0 Å². The number of carbonyl (C=O) groups excluding carboxylic acids is 1. The monoisotopic (exact) mass is 362 g/mol. The van der Waals surface area contributed by atoms with E-state index in [0.29, 0.717) is 0 Å². The molecule has 2 nitrogen and oxygen atoms in total. The number of rotatable bonds is 11. The van der Waals surface area contributed by atoms with Gasteiger partial charge in [-0.2, -0.15) is 0 Å². The molecule has 0 aliphatic rings. The van der Waals surface area contributed by atoms with Gasteiger partial charge in [0.15, 0.2) is 0 Å². The molecule has 0 saturated heterocycles. The van der Waals surface area contributed by atoms with Crippen LogP contribution in [-0.2, 0) is 42.2 Å². The Morgan fingerprint density at radius 2 is 1.37 bits per heavy atom. The van der Waals surface area contributed by atoms with Crippen molar-refractivity contribution in [2.45, 2.75) is 59.3 Å². The van der Waals surface area contributed by atoms with Crippen molar-refractivity contribution in [1.82, 2.24) is 0 Å². The Kier molecular flexibility index (Phi) is 16.1. The van der Waals surface area contributed by atoms with Gasteiger partial charge in [0.25, 0.3) is 0 Å². The van der Waals surface area contributed by atoms with Gasteiger partial charge in [-0.25, -0.2) is 0 Å². The van der Waals surface area contributed by atoms with Crippen molar-refractivity contribution in [3.8, 4) is 0 Å². The average molecular weight is 362 g/mol. The van der Waals surface area contributed by atoms with Crippen LogP contribution in [0.5, 0.6) is 0 Å². The summed E-state index contributed by atoms with van der Waals surface area (Å²) in [5, 5.41) is 0. The summed E-state index contributed by atoms with van der Waals surface area (Å²) in [7, 11) is -1.21. The van der Waals surface area contributed by atoms with Crippen LogP contribution in [-0.4, -0.2) is 24.5 Å². The normalized spacial score (nSPS) is 10.9. The number of unbranched alkanes of at least 4 members (excludes halogenated alkanes) is 3. The van der Waals surface area contributed by atoms with Crippen molar-refractivity contribution in [2.24, 2.45) is 0 Å². The summed E-state index contributed by atoms with van der Waals surface area (Å²) in [6.07, 6.45) is 13.0. The van der Waals surface area contributed by atoms with E-state index in [-0.39, 0.29) is 32.7 Å². The Hall–Kier alpha value is 0.874. The summed E-state index contributed by atoms with van der Waals surface area (Å²) in [5.41, 5.74) is 0. The van der Waals surface area contributed by atoms with Crippen molar-refractivity contribution in [1.29, 1.82) is 0 Å². The second kappa shape index (κ2) is 13.8. The van der Waals surface area contributed by atoms with Crippen molar-refractivity contribution in [3.05, 3.63) is 13.3 Å².